The molecule has 0 bridgehead atoms. The molecule has 0 aromatic heterocycles. The standard InChI is InChI=1S/C12H15NO3S/c1-17-12(4-5-12)7-13-11(16)9-6-8(14)2-3-10(9)15/h2-3,6,14-15H,4-5,7H2,1H3,(H,13,16). The molecule has 1 aliphatic rings. The fraction of sp³-hybridized carbons (Fsp3) is 0.417. The third kappa shape index (κ3) is 2.66. The molecule has 0 spiro atoms. The molecule has 0 saturated heterocycles. The van der Waals surface area contributed by atoms with Gasteiger partial charge in [0, 0.05) is 11.3 Å². The number of aromatic hydroxyl groups is 2. The Labute approximate surface area is 104 Å². The second kappa shape index (κ2) is 4.49. The van der Waals surface area contributed by atoms with Crippen LogP contribution in [0.1, 0.15) is 23.2 Å². The van der Waals surface area contributed by atoms with Crippen LogP contribution in [-0.2, 0) is 0 Å². The van der Waals surface area contributed by atoms with E-state index >= 15 is 0 Å². The van der Waals surface area contributed by atoms with E-state index in [0.717, 1.165) is 12.8 Å². The minimum Gasteiger partial charge on any atom is -0.508 e. The second-order valence-electron chi connectivity index (χ2n) is 4.27. The van der Waals surface area contributed by atoms with Crippen LogP contribution in [0.4, 0.5) is 0 Å². The van der Waals surface area contributed by atoms with Crippen molar-refractivity contribution in [1.29, 1.82) is 0 Å². The molecule has 2 rings (SSSR count). The van der Waals surface area contributed by atoms with Crippen LogP contribution in [0.15, 0.2) is 18.2 Å². The number of hydrogen-bond acceptors (Lipinski definition) is 4. The van der Waals surface area contributed by atoms with Gasteiger partial charge >= 0.3 is 0 Å². The number of carbonyl (C=O) groups is 1. The first-order valence-electron chi connectivity index (χ1n) is 5.42. The van der Waals surface area contributed by atoms with Crippen molar-refractivity contribution in [2.75, 3.05) is 12.8 Å². The predicted octanol–water partition coefficient (Wildman–Crippen LogP) is 1.72. The molecule has 92 valence electrons. The molecule has 1 amide bonds. The summed E-state index contributed by atoms with van der Waals surface area (Å²) in [5, 5.41) is 21.6. The summed E-state index contributed by atoms with van der Waals surface area (Å²) in [7, 11) is 0. The summed E-state index contributed by atoms with van der Waals surface area (Å²) in [5.74, 6) is -0.494. The van der Waals surface area contributed by atoms with Crippen LogP contribution in [0.5, 0.6) is 11.5 Å². The van der Waals surface area contributed by atoms with Crippen LogP contribution >= 0.6 is 11.8 Å². The Bertz CT molecular complexity index is 443. The Morgan fingerprint density at radius 3 is 2.76 bits per heavy atom. The van der Waals surface area contributed by atoms with Gasteiger partial charge < -0.3 is 15.5 Å². The number of hydrogen-bond donors (Lipinski definition) is 3. The van der Waals surface area contributed by atoms with E-state index < -0.39 is 0 Å². The zero-order chi connectivity index (χ0) is 12.5. The summed E-state index contributed by atoms with van der Waals surface area (Å²) in [5.41, 5.74) is 0.113. The number of benzene rings is 1. The Hall–Kier alpha value is -1.36. The largest absolute Gasteiger partial charge is 0.508 e. The van der Waals surface area contributed by atoms with Gasteiger partial charge in [-0.05, 0) is 37.3 Å². The van der Waals surface area contributed by atoms with Gasteiger partial charge in [0.1, 0.15) is 11.5 Å². The number of rotatable bonds is 4. The third-order valence-corrected chi connectivity index (χ3v) is 4.46. The van der Waals surface area contributed by atoms with Crippen molar-refractivity contribution in [2.24, 2.45) is 0 Å². The molecule has 1 aromatic carbocycles. The lowest BCUT2D eigenvalue weighted by molar-refractivity contribution is 0.0950. The van der Waals surface area contributed by atoms with E-state index in [1.807, 2.05) is 6.26 Å². The summed E-state index contributed by atoms with van der Waals surface area (Å²) in [6.45, 7) is 0.599. The highest BCUT2D eigenvalue weighted by Crippen LogP contribution is 2.46. The first kappa shape index (κ1) is 12.1. The average Bonchev–Trinajstić information content (AvgIpc) is 3.10. The van der Waals surface area contributed by atoms with E-state index in [1.54, 1.807) is 11.8 Å². The minimum absolute atomic E-state index is 0.0287. The molecule has 1 saturated carbocycles. The summed E-state index contributed by atoms with van der Waals surface area (Å²) < 4.78 is 0.183. The predicted molar refractivity (Wildman–Crippen MR) is 67.6 cm³/mol. The van der Waals surface area contributed by atoms with Crippen molar-refractivity contribution in [2.45, 2.75) is 17.6 Å². The van der Waals surface area contributed by atoms with Gasteiger partial charge in [-0.15, -0.1) is 0 Å². The summed E-state index contributed by atoms with van der Waals surface area (Å²) in [6, 6.07) is 3.92. The maximum atomic E-state index is 11.8. The van der Waals surface area contributed by atoms with Crippen molar-refractivity contribution >= 4 is 17.7 Å². The van der Waals surface area contributed by atoms with Crippen molar-refractivity contribution in [3.05, 3.63) is 23.8 Å². The van der Waals surface area contributed by atoms with E-state index in [-0.39, 0.29) is 27.7 Å². The number of carbonyl (C=O) groups excluding carboxylic acids is 1. The van der Waals surface area contributed by atoms with Crippen molar-refractivity contribution in [3.8, 4) is 11.5 Å². The highest BCUT2D eigenvalue weighted by atomic mass is 32.2. The molecule has 0 aliphatic heterocycles. The number of phenols is 2. The molecule has 0 radical (unpaired) electrons. The molecule has 1 fully saturated rings. The quantitative estimate of drug-likeness (QED) is 0.715. The van der Waals surface area contributed by atoms with Gasteiger partial charge in [0.15, 0.2) is 0 Å². The second-order valence-corrected chi connectivity index (χ2v) is 5.55. The monoisotopic (exact) mass is 253 g/mol. The molecular formula is C12H15NO3S. The van der Waals surface area contributed by atoms with Gasteiger partial charge in [0.25, 0.3) is 5.91 Å². The first-order chi connectivity index (χ1) is 8.06. The maximum absolute atomic E-state index is 11.8. The van der Waals surface area contributed by atoms with Gasteiger partial charge in [-0.25, -0.2) is 0 Å². The van der Waals surface area contributed by atoms with Gasteiger partial charge in [-0.2, -0.15) is 11.8 Å². The number of amides is 1. The Morgan fingerprint density at radius 1 is 1.47 bits per heavy atom. The van der Waals surface area contributed by atoms with E-state index in [2.05, 4.69) is 5.32 Å². The lowest BCUT2D eigenvalue weighted by Crippen LogP contribution is -2.31. The molecule has 0 atom stereocenters. The highest BCUT2D eigenvalue weighted by molar-refractivity contribution is 8.00. The molecule has 17 heavy (non-hydrogen) atoms. The molecule has 1 aromatic rings. The van der Waals surface area contributed by atoms with Crippen LogP contribution in [0.3, 0.4) is 0 Å². The van der Waals surface area contributed by atoms with Gasteiger partial charge in [0.2, 0.25) is 0 Å². The van der Waals surface area contributed by atoms with Gasteiger partial charge in [-0.3, -0.25) is 4.79 Å². The summed E-state index contributed by atoms with van der Waals surface area (Å²) in [6.07, 6.45) is 4.26. The number of phenolic OH excluding ortho intramolecular Hbond substituents is 2. The Morgan fingerprint density at radius 2 is 2.18 bits per heavy atom. The third-order valence-electron chi connectivity index (χ3n) is 3.04. The van der Waals surface area contributed by atoms with Crippen LogP contribution in [0, 0.1) is 0 Å². The molecule has 3 N–H and O–H groups in total. The van der Waals surface area contributed by atoms with Crippen LogP contribution in [0.25, 0.3) is 0 Å². The van der Waals surface area contributed by atoms with Crippen molar-refractivity contribution < 1.29 is 15.0 Å². The van der Waals surface area contributed by atoms with E-state index in [4.69, 9.17) is 0 Å². The van der Waals surface area contributed by atoms with Gasteiger partial charge in [-0.1, -0.05) is 0 Å². The van der Waals surface area contributed by atoms with E-state index in [0.29, 0.717) is 6.54 Å². The van der Waals surface area contributed by atoms with Gasteiger partial charge in [0.05, 0.1) is 5.56 Å². The molecule has 5 heteroatoms. The van der Waals surface area contributed by atoms with Crippen molar-refractivity contribution in [1.82, 2.24) is 5.32 Å². The average molecular weight is 253 g/mol. The summed E-state index contributed by atoms with van der Waals surface area (Å²) in [4.78, 5) is 11.8. The molecular weight excluding hydrogens is 238 g/mol. The lowest BCUT2D eigenvalue weighted by Gasteiger charge is -2.13. The van der Waals surface area contributed by atoms with Crippen LogP contribution in [0.2, 0.25) is 0 Å². The first-order valence-corrected chi connectivity index (χ1v) is 6.64. The fourth-order valence-electron chi connectivity index (χ4n) is 1.63. The zero-order valence-corrected chi connectivity index (χ0v) is 10.4. The van der Waals surface area contributed by atoms with Crippen LogP contribution in [-0.4, -0.2) is 33.7 Å². The highest BCUT2D eigenvalue weighted by Gasteiger charge is 2.42. The zero-order valence-electron chi connectivity index (χ0n) is 9.56. The number of thioether (sulfide) groups is 1. The molecule has 1 aliphatic carbocycles. The Balaban J connectivity index is 2.02. The van der Waals surface area contributed by atoms with Crippen LogP contribution < -0.4 is 5.32 Å². The SMILES string of the molecule is CSC1(CNC(=O)c2cc(O)ccc2O)CC1. The molecule has 0 heterocycles. The molecule has 4 nitrogen and oxygen atoms in total. The summed E-state index contributed by atoms with van der Waals surface area (Å²) >= 11 is 1.76. The normalized spacial score (nSPS) is 16.5. The molecule has 0 unspecified atom stereocenters. The minimum atomic E-state index is -0.348. The topological polar surface area (TPSA) is 69.6 Å². The van der Waals surface area contributed by atoms with Crippen molar-refractivity contribution in [3.63, 3.8) is 0 Å². The maximum Gasteiger partial charge on any atom is 0.255 e. The van der Waals surface area contributed by atoms with E-state index in [9.17, 15) is 15.0 Å². The smallest absolute Gasteiger partial charge is 0.255 e. The fourth-order valence-corrected chi connectivity index (χ4v) is 2.36. The number of nitrogens with one attached hydrogen (secondary N) is 1. The van der Waals surface area contributed by atoms with E-state index in [1.165, 1.54) is 18.2 Å². The Kier molecular flexibility index (Phi) is 3.19. The lowest BCUT2D eigenvalue weighted by atomic mass is 10.1.